The fourth-order valence-corrected chi connectivity index (χ4v) is 6.39. The minimum atomic E-state index is -0.213. The summed E-state index contributed by atoms with van der Waals surface area (Å²) in [6.45, 7) is 3.75. The number of fused-ring (bicyclic) bond motifs is 3. The first-order valence-corrected chi connectivity index (χ1v) is 13.1. The number of likely N-dealkylation sites (N-methyl/N-ethyl adjacent to an activating group) is 1. The van der Waals surface area contributed by atoms with Gasteiger partial charge in [-0.25, -0.2) is 4.98 Å². The topological polar surface area (TPSA) is 67.2 Å². The van der Waals surface area contributed by atoms with Crippen molar-refractivity contribution >= 4 is 56.5 Å². The van der Waals surface area contributed by atoms with E-state index in [2.05, 4.69) is 17.3 Å². The molecule has 2 aromatic heterocycles. The molecule has 1 aliphatic rings. The Bertz CT molecular complexity index is 1450. The molecular weight excluding hydrogens is 488 g/mol. The second-order valence-corrected chi connectivity index (χ2v) is 10.8. The Morgan fingerprint density at radius 1 is 1.21 bits per heavy atom. The molecule has 0 saturated carbocycles. The van der Waals surface area contributed by atoms with Crippen molar-refractivity contribution in [2.45, 2.75) is 25.0 Å². The number of nitrogens with one attached hydrogen (secondary N) is 1. The number of aromatic nitrogens is 2. The molecule has 0 radical (unpaired) electrons. The lowest BCUT2D eigenvalue weighted by molar-refractivity contribution is -0.113. The van der Waals surface area contributed by atoms with Crippen LogP contribution in [0.5, 0.6) is 0 Å². The molecule has 34 heavy (non-hydrogen) atoms. The number of hydrogen-bond donors (Lipinski definition) is 1. The van der Waals surface area contributed by atoms with Gasteiger partial charge in [0.25, 0.3) is 5.56 Å². The number of benzene rings is 2. The van der Waals surface area contributed by atoms with Gasteiger partial charge in [0.05, 0.1) is 27.5 Å². The molecule has 9 heteroatoms. The number of amides is 1. The molecule has 0 atom stereocenters. The zero-order valence-corrected chi connectivity index (χ0v) is 21.2. The maximum Gasteiger partial charge on any atom is 0.267 e. The van der Waals surface area contributed by atoms with Gasteiger partial charge >= 0.3 is 0 Å². The second kappa shape index (κ2) is 9.54. The van der Waals surface area contributed by atoms with Gasteiger partial charge in [-0.2, -0.15) is 0 Å². The molecule has 1 N–H and O–H groups in total. The molecule has 3 heterocycles. The zero-order chi connectivity index (χ0) is 23.8. The lowest BCUT2D eigenvalue weighted by Gasteiger charge is -2.21. The smallest absolute Gasteiger partial charge is 0.267 e. The number of carbonyl (C=O) groups excluding carboxylic acids is 1. The number of rotatable bonds is 5. The fraction of sp³-hybridized carbons (Fsp3) is 0.240. The van der Waals surface area contributed by atoms with E-state index < -0.39 is 0 Å². The van der Waals surface area contributed by atoms with Gasteiger partial charge in [-0.05, 0) is 50.2 Å². The van der Waals surface area contributed by atoms with Crippen molar-refractivity contribution in [1.29, 1.82) is 0 Å². The highest BCUT2D eigenvalue weighted by Crippen LogP contribution is 2.34. The minimum absolute atomic E-state index is 0.0788. The van der Waals surface area contributed by atoms with Gasteiger partial charge in [-0.3, -0.25) is 14.2 Å². The highest BCUT2D eigenvalue weighted by atomic mass is 35.5. The van der Waals surface area contributed by atoms with Crippen LogP contribution in [0.3, 0.4) is 0 Å². The Labute approximate surface area is 210 Å². The average Bonchev–Trinajstić information content (AvgIpc) is 3.17. The summed E-state index contributed by atoms with van der Waals surface area (Å²) in [6, 6.07) is 14.9. The van der Waals surface area contributed by atoms with Crippen molar-refractivity contribution in [2.24, 2.45) is 0 Å². The minimum Gasteiger partial charge on any atom is -0.324 e. The van der Waals surface area contributed by atoms with E-state index in [1.807, 2.05) is 43.3 Å². The highest BCUT2D eigenvalue weighted by Gasteiger charge is 2.24. The van der Waals surface area contributed by atoms with Crippen molar-refractivity contribution in [2.75, 3.05) is 24.7 Å². The largest absolute Gasteiger partial charge is 0.324 e. The van der Waals surface area contributed by atoms with Crippen molar-refractivity contribution < 1.29 is 4.79 Å². The van der Waals surface area contributed by atoms with Gasteiger partial charge in [0.15, 0.2) is 5.16 Å². The van der Waals surface area contributed by atoms with E-state index in [4.69, 9.17) is 16.6 Å². The molecule has 0 bridgehead atoms. The number of para-hydroxylation sites is 1. The van der Waals surface area contributed by atoms with E-state index in [0.29, 0.717) is 21.3 Å². The van der Waals surface area contributed by atoms with Crippen molar-refractivity contribution in [1.82, 2.24) is 14.5 Å². The molecule has 6 nitrogen and oxygen atoms in total. The van der Waals surface area contributed by atoms with Crippen LogP contribution in [-0.2, 0) is 17.8 Å². The number of thioether (sulfide) groups is 1. The fourth-order valence-electron chi connectivity index (χ4n) is 4.05. The first kappa shape index (κ1) is 23.1. The van der Waals surface area contributed by atoms with Crippen LogP contribution in [0.1, 0.15) is 16.0 Å². The van der Waals surface area contributed by atoms with E-state index in [1.54, 1.807) is 28.0 Å². The predicted molar refractivity (Wildman–Crippen MR) is 141 cm³/mol. The van der Waals surface area contributed by atoms with Crippen molar-refractivity contribution in [3.63, 3.8) is 0 Å². The van der Waals surface area contributed by atoms with Gasteiger partial charge in [-0.15, -0.1) is 11.3 Å². The molecule has 1 amide bonds. The summed E-state index contributed by atoms with van der Waals surface area (Å²) >= 11 is 9.00. The normalized spacial score (nSPS) is 13.7. The lowest BCUT2D eigenvalue weighted by Crippen LogP contribution is -2.27. The molecule has 4 aromatic rings. The summed E-state index contributed by atoms with van der Waals surface area (Å²) in [5.41, 5.74) is 3.44. The quantitative estimate of drug-likeness (QED) is 0.298. The number of halogens is 1. The summed E-state index contributed by atoms with van der Waals surface area (Å²) < 4.78 is 1.64. The summed E-state index contributed by atoms with van der Waals surface area (Å²) in [4.78, 5) is 35.6. The van der Waals surface area contributed by atoms with Crippen LogP contribution in [-0.4, -0.2) is 39.7 Å². The monoisotopic (exact) mass is 510 g/mol. The average molecular weight is 511 g/mol. The number of nitrogens with zero attached hydrogens (tertiary/aromatic N) is 3. The molecule has 0 saturated heterocycles. The van der Waals surface area contributed by atoms with Crippen LogP contribution in [0.4, 0.5) is 5.69 Å². The van der Waals surface area contributed by atoms with Crippen LogP contribution in [0, 0.1) is 6.92 Å². The summed E-state index contributed by atoms with van der Waals surface area (Å²) in [5.74, 6) is -0.113. The Balaban J connectivity index is 1.54. The summed E-state index contributed by atoms with van der Waals surface area (Å²) in [7, 11) is 2.09. The molecular formula is C25H23ClN4O2S2. The van der Waals surface area contributed by atoms with Crippen LogP contribution in [0.25, 0.3) is 15.9 Å². The first-order valence-electron chi connectivity index (χ1n) is 10.9. The van der Waals surface area contributed by atoms with Gasteiger partial charge in [0.1, 0.15) is 4.83 Å². The van der Waals surface area contributed by atoms with E-state index in [9.17, 15) is 9.59 Å². The third-order valence-electron chi connectivity index (χ3n) is 5.81. The summed E-state index contributed by atoms with van der Waals surface area (Å²) in [5, 5.41) is 4.52. The molecule has 2 aromatic carbocycles. The molecule has 0 unspecified atom stereocenters. The number of hydrogen-bond acceptors (Lipinski definition) is 6. The van der Waals surface area contributed by atoms with Crippen molar-refractivity contribution in [3.8, 4) is 5.69 Å². The molecule has 174 valence electrons. The van der Waals surface area contributed by atoms with Crippen LogP contribution in [0.15, 0.2) is 58.5 Å². The second-order valence-electron chi connectivity index (χ2n) is 8.36. The van der Waals surface area contributed by atoms with Crippen LogP contribution in [0.2, 0.25) is 5.02 Å². The first-order chi connectivity index (χ1) is 16.4. The Morgan fingerprint density at radius 3 is 2.74 bits per heavy atom. The Kier molecular flexibility index (Phi) is 6.48. The van der Waals surface area contributed by atoms with Gasteiger partial charge < -0.3 is 10.2 Å². The Morgan fingerprint density at radius 2 is 1.97 bits per heavy atom. The van der Waals surface area contributed by atoms with Gasteiger partial charge in [0, 0.05) is 18.0 Å². The number of thiophene rings is 1. The number of anilines is 1. The molecule has 0 spiro atoms. The van der Waals surface area contributed by atoms with E-state index in [-0.39, 0.29) is 17.2 Å². The summed E-state index contributed by atoms with van der Waals surface area (Å²) in [6.07, 6.45) is 0.837. The predicted octanol–water partition coefficient (Wildman–Crippen LogP) is 5.13. The van der Waals surface area contributed by atoms with Gasteiger partial charge in [-0.1, -0.05) is 53.2 Å². The molecule has 0 fully saturated rings. The van der Waals surface area contributed by atoms with Crippen LogP contribution < -0.4 is 10.9 Å². The van der Waals surface area contributed by atoms with Gasteiger partial charge in [0.2, 0.25) is 5.91 Å². The standard InChI is InChI=1S/C25H23ClN4O2S2/c1-15-7-9-16(10-8-15)30-24(32)22-17-11-12-29(2)13-20(17)34-23(22)28-25(30)33-14-21(31)27-19-6-4-3-5-18(19)26/h3-10H,11-14H2,1-2H3,(H,27,31). The highest BCUT2D eigenvalue weighted by molar-refractivity contribution is 7.99. The third kappa shape index (κ3) is 4.51. The number of aryl methyl sites for hydroxylation is 1. The SMILES string of the molecule is Cc1ccc(-n2c(SCC(=O)Nc3ccccc3Cl)nc3sc4c(c3c2=O)CCN(C)C4)cc1. The molecule has 5 rings (SSSR count). The molecule has 1 aliphatic heterocycles. The third-order valence-corrected chi connectivity index (χ3v) is 8.19. The Hall–Kier alpha value is -2.65. The number of carbonyl (C=O) groups is 1. The van der Waals surface area contributed by atoms with E-state index >= 15 is 0 Å². The van der Waals surface area contributed by atoms with E-state index in [0.717, 1.165) is 41.2 Å². The lowest BCUT2D eigenvalue weighted by atomic mass is 10.1. The maximum atomic E-state index is 13.8. The van der Waals surface area contributed by atoms with E-state index in [1.165, 1.54) is 16.6 Å². The molecule has 0 aliphatic carbocycles. The van der Waals surface area contributed by atoms with Crippen molar-refractivity contribution in [3.05, 3.63) is 79.9 Å². The maximum absolute atomic E-state index is 13.8. The van der Waals surface area contributed by atoms with Crippen LogP contribution >= 0.6 is 34.7 Å². The zero-order valence-electron chi connectivity index (χ0n) is 18.8.